The highest BCUT2D eigenvalue weighted by atomic mass is 79.9. The Bertz CT molecular complexity index is 245. The van der Waals surface area contributed by atoms with Gasteiger partial charge in [-0.05, 0) is 0 Å². The minimum atomic E-state index is -1.15. The number of rotatable bonds is 2. The first-order valence-electron chi connectivity index (χ1n) is 2.48. The van der Waals surface area contributed by atoms with E-state index >= 15 is 0 Å². The summed E-state index contributed by atoms with van der Waals surface area (Å²) >= 11 is 3.09. The molecule has 10 heavy (non-hydrogen) atoms. The van der Waals surface area contributed by atoms with E-state index in [0.717, 1.165) is 0 Å². The molecule has 0 amide bonds. The Morgan fingerprint density at radius 3 is 2.90 bits per heavy atom. The van der Waals surface area contributed by atoms with Crippen molar-refractivity contribution in [1.82, 2.24) is 4.98 Å². The number of carbonyl (C=O) groups is 1. The molecule has 1 aromatic rings. The number of alkyl halides is 1. The van der Waals surface area contributed by atoms with Gasteiger partial charge in [-0.25, -0.2) is 9.78 Å². The average Bonchev–Trinajstić information content (AvgIpc) is 2.34. The van der Waals surface area contributed by atoms with Crippen molar-refractivity contribution in [1.29, 1.82) is 0 Å². The van der Waals surface area contributed by atoms with E-state index in [4.69, 9.17) is 9.52 Å². The molecule has 0 aliphatic rings. The maximum absolute atomic E-state index is 10.2. The monoisotopic (exact) mass is 205 g/mol. The summed E-state index contributed by atoms with van der Waals surface area (Å²) in [5, 5.41) is 8.80. The van der Waals surface area contributed by atoms with Gasteiger partial charge in [0.15, 0.2) is 0 Å². The Morgan fingerprint density at radius 2 is 2.60 bits per heavy atom. The zero-order valence-electron chi connectivity index (χ0n) is 4.87. The van der Waals surface area contributed by atoms with Crippen LogP contribution in [0, 0.1) is 0 Å². The summed E-state index contributed by atoms with van der Waals surface area (Å²) in [7, 11) is 0. The van der Waals surface area contributed by atoms with Crippen molar-refractivity contribution >= 4 is 21.9 Å². The van der Waals surface area contributed by atoms with Crippen molar-refractivity contribution in [3.05, 3.63) is 17.8 Å². The first-order chi connectivity index (χ1) is 4.74. The summed E-state index contributed by atoms with van der Waals surface area (Å²) in [6.45, 7) is 0. The molecule has 5 heteroatoms. The van der Waals surface area contributed by atoms with E-state index < -0.39 is 5.97 Å². The Morgan fingerprint density at radius 1 is 1.90 bits per heavy atom. The largest absolute Gasteiger partial charge is 0.474 e. The maximum Gasteiger partial charge on any atom is 0.392 e. The summed E-state index contributed by atoms with van der Waals surface area (Å²) in [6, 6.07) is 0. The lowest BCUT2D eigenvalue weighted by Crippen LogP contribution is -1.94. The van der Waals surface area contributed by atoms with Gasteiger partial charge in [0.25, 0.3) is 0 Å². The zero-order chi connectivity index (χ0) is 7.56. The van der Waals surface area contributed by atoms with Crippen LogP contribution in [0.5, 0.6) is 0 Å². The van der Waals surface area contributed by atoms with Crippen molar-refractivity contribution in [2.24, 2.45) is 0 Å². The smallest absolute Gasteiger partial charge is 0.392 e. The molecular formula is C5H4BrNO3. The highest BCUT2D eigenvalue weighted by molar-refractivity contribution is 9.08. The predicted octanol–water partition coefficient (Wildman–Crippen LogP) is 1.27. The average molecular weight is 206 g/mol. The summed E-state index contributed by atoms with van der Waals surface area (Å²) < 4.78 is 4.74. The van der Waals surface area contributed by atoms with Gasteiger partial charge < -0.3 is 9.52 Å². The molecule has 0 atom stereocenters. The first kappa shape index (κ1) is 7.27. The molecule has 0 aromatic carbocycles. The molecule has 0 fully saturated rings. The van der Waals surface area contributed by atoms with Gasteiger partial charge >= 0.3 is 11.9 Å². The highest BCUT2D eigenvalue weighted by Crippen LogP contribution is 2.06. The second-order valence-corrected chi connectivity index (χ2v) is 2.13. The van der Waals surface area contributed by atoms with Crippen LogP contribution in [0.15, 0.2) is 10.6 Å². The molecule has 0 bridgehead atoms. The maximum atomic E-state index is 10.2. The molecule has 0 radical (unpaired) electrons. The minimum absolute atomic E-state index is 0.269. The second kappa shape index (κ2) is 2.83. The lowest BCUT2D eigenvalue weighted by Gasteiger charge is -1.82. The van der Waals surface area contributed by atoms with Crippen LogP contribution >= 0.6 is 15.9 Å². The van der Waals surface area contributed by atoms with Gasteiger partial charge in [0, 0.05) is 0 Å². The van der Waals surface area contributed by atoms with Crippen LogP contribution in [0.1, 0.15) is 16.4 Å². The number of aromatic nitrogens is 1. The fourth-order valence-corrected chi connectivity index (χ4v) is 0.727. The number of carboxylic acids is 1. The number of oxazole rings is 1. The van der Waals surface area contributed by atoms with Crippen molar-refractivity contribution in [2.75, 3.05) is 0 Å². The number of aromatic carboxylic acids is 1. The van der Waals surface area contributed by atoms with Crippen molar-refractivity contribution in [2.45, 2.75) is 5.33 Å². The predicted molar refractivity (Wildman–Crippen MR) is 36.1 cm³/mol. The van der Waals surface area contributed by atoms with Gasteiger partial charge in [0.05, 0.1) is 11.5 Å². The third-order valence-electron chi connectivity index (χ3n) is 0.868. The Hall–Kier alpha value is -0.840. The van der Waals surface area contributed by atoms with Crippen molar-refractivity contribution < 1.29 is 14.3 Å². The summed E-state index contributed by atoms with van der Waals surface area (Å²) in [6.07, 6.45) is 1.37. The second-order valence-electron chi connectivity index (χ2n) is 1.57. The Labute approximate surface area is 65.0 Å². The quantitative estimate of drug-likeness (QED) is 0.740. The van der Waals surface area contributed by atoms with Crippen LogP contribution in [-0.2, 0) is 5.33 Å². The van der Waals surface area contributed by atoms with Crippen LogP contribution in [0.3, 0.4) is 0 Å². The lowest BCUT2D eigenvalue weighted by atomic mass is 10.6. The molecule has 54 valence electrons. The minimum Gasteiger partial charge on any atom is -0.474 e. The Kier molecular flexibility index (Phi) is 2.06. The number of nitrogens with zero attached hydrogens (tertiary/aromatic N) is 1. The van der Waals surface area contributed by atoms with E-state index in [0.29, 0.717) is 11.1 Å². The number of halogens is 1. The van der Waals surface area contributed by atoms with E-state index in [1.807, 2.05) is 0 Å². The fraction of sp³-hybridized carbons (Fsp3) is 0.200. The molecule has 1 rings (SSSR count). The van der Waals surface area contributed by atoms with E-state index in [9.17, 15) is 4.79 Å². The molecule has 0 unspecified atom stereocenters. The summed E-state index contributed by atoms with van der Waals surface area (Å²) in [4.78, 5) is 13.6. The molecule has 1 heterocycles. The van der Waals surface area contributed by atoms with E-state index in [2.05, 4.69) is 20.9 Å². The summed E-state index contributed by atoms with van der Waals surface area (Å²) in [5.41, 5.74) is 0. The number of hydrogen-bond donors (Lipinski definition) is 1. The number of carboxylic acid groups (broad SMARTS) is 1. The Balaban J connectivity index is 2.88. The van der Waals surface area contributed by atoms with E-state index in [-0.39, 0.29) is 5.89 Å². The molecule has 0 aliphatic heterocycles. The van der Waals surface area contributed by atoms with Crippen LogP contribution in [-0.4, -0.2) is 16.1 Å². The molecule has 1 aromatic heterocycles. The molecule has 0 aliphatic carbocycles. The van der Waals surface area contributed by atoms with Crippen LogP contribution in [0.25, 0.3) is 0 Å². The van der Waals surface area contributed by atoms with Crippen LogP contribution in [0.4, 0.5) is 0 Å². The topological polar surface area (TPSA) is 63.3 Å². The van der Waals surface area contributed by atoms with Gasteiger partial charge in [-0.1, -0.05) is 15.9 Å². The van der Waals surface area contributed by atoms with Gasteiger partial charge in [0.1, 0.15) is 5.76 Å². The summed E-state index contributed by atoms with van der Waals surface area (Å²) in [5.74, 6) is -0.904. The SMILES string of the molecule is O=C(O)c1ncc(CBr)o1. The van der Waals surface area contributed by atoms with Crippen molar-refractivity contribution in [3.8, 4) is 0 Å². The van der Waals surface area contributed by atoms with Crippen LogP contribution in [0.2, 0.25) is 0 Å². The van der Waals surface area contributed by atoms with E-state index in [1.165, 1.54) is 6.20 Å². The van der Waals surface area contributed by atoms with Crippen molar-refractivity contribution in [3.63, 3.8) is 0 Å². The van der Waals surface area contributed by atoms with Gasteiger partial charge in [0.2, 0.25) is 0 Å². The normalized spacial score (nSPS) is 9.70. The molecule has 0 spiro atoms. The van der Waals surface area contributed by atoms with Gasteiger partial charge in [-0.15, -0.1) is 0 Å². The van der Waals surface area contributed by atoms with Gasteiger partial charge in [-0.3, -0.25) is 0 Å². The third-order valence-corrected chi connectivity index (χ3v) is 1.42. The molecule has 0 saturated carbocycles. The van der Waals surface area contributed by atoms with Gasteiger partial charge in [-0.2, -0.15) is 0 Å². The molecular weight excluding hydrogens is 202 g/mol. The van der Waals surface area contributed by atoms with Crippen LogP contribution < -0.4 is 0 Å². The number of hydrogen-bond acceptors (Lipinski definition) is 3. The highest BCUT2D eigenvalue weighted by Gasteiger charge is 2.09. The lowest BCUT2D eigenvalue weighted by molar-refractivity contribution is 0.0652. The fourth-order valence-electron chi connectivity index (χ4n) is 0.468. The molecule has 4 nitrogen and oxygen atoms in total. The molecule has 1 N–H and O–H groups in total. The van der Waals surface area contributed by atoms with E-state index in [1.54, 1.807) is 0 Å². The molecule has 0 saturated heterocycles. The standard InChI is InChI=1S/C5H4BrNO3/c6-1-3-2-7-4(10-3)5(8)9/h2H,1H2,(H,8,9). The first-order valence-corrected chi connectivity index (χ1v) is 3.60. The zero-order valence-corrected chi connectivity index (χ0v) is 6.46. The third kappa shape index (κ3) is 1.36.